The molecule has 1 unspecified atom stereocenters. The Hall–Kier alpha value is -2.56. The molecular formula is C21H27NO4. The summed E-state index contributed by atoms with van der Waals surface area (Å²) in [6.45, 7) is 10.7. The first-order valence-electron chi connectivity index (χ1n) is 8.66. The predicted molar refractivity (Wildman–Crippen MR) is 102 cm³/mol. The van der Waals surface area contributed by atoms with Gasteiger partial charge < -0.3 is 14.8 Å². The van der Waals surface area contributed by atoms with Crippen molar-refractivity contribution in [2.75, 3.05) is 0 Å². The summed E-state index contributed by atoms with van der Waals surface area (Å²) in [4.78, 5) is 25.1. The van der Waals surface area contributed by atoms with E-state index < -0.39 is 29.3 Å². The van der Waals surface area contributed by atoms with Gasteiger partial charge in [0.05, 0.1) is 0 Å². The fraction of sp³-hybridized carbons (Fsp3) is 0.429. The monoisotopic (exact) mass is 357 g/mol. The second-order valence-electron chi connectivity index (χ2n) is 8.18. The molecule has 0 aliphatic rings. The number of carbonyl (C=O) groups is 2. The lowest BCUT2D eigenvalue weighted by Gasteiger charge is -2.27. The Balaban J connectivity index is 2.42. The van der Waals surface area contributed by atoms with E-state index in [-0.39, 0.29) is 0 Å². The van der Waals surface area contributed by atoms with Crippen LogP contribution < -0.4 is 5.32 Å². The molecule has 0 aliphatic carbocycles. The van der Waals surface area contributed by atoms with Crippen LogP contribution in [0.5, 0.6) is 0 Å². The summed E-state index contributed by atoms with van der Waals surface area (Å²) in [6.07, 6.45) is -0.665. The third kappa shape index (κ3) is 5.48. The number of rotatable bonds is 3. The zero-order valence-electron chi connectivity index (χ0n) is 16.3. The molecule has 2 aromatic rings. The number of amides is 1. The van der Waals surface area contributed by atoms with Crippen molar-refractivity contribution in [3.8, 4) is 0 Å². The third-order valence-corrected chi connectivity index (χ3v) is 3.44. The molecule has 5 nitrogen and oxygen atoms in total. The van der Waals surface area contributed by atoms with Crippen LogP contribution in [0.25, 0.3) is 10.8 Å². The highest BCUT2D eigenvalue weighted by Gasteiger charge is 2.31. The van der Waals surface area contributed by atoms with Crippen molar-refractivity contribution in [3.63, 3.8) is 0 Å². The third-order valence-electron chi connectivity index (χ3n) is 3.44. The summed E-state index contributed by atoms with van der Waals surface area (Å²) in [5, 5.41) is 4.52. The molecule has 0 spiro atoms. The Labute approximate surface area is 154 Å². The second-order valence-corrected chi connectivity index (χ2v) is 8.18. The van der Waals surface area contributed by atoms with E-state index in [0.717, 1.165) is 10.8 Å². The number of alkyl carbamates (subject to hydrolysis) is 1. The van der Waals surface area contributed by atoms with E-state index in [1.807, 2.05) is 42.5 Å². The summed E-state index contributed by atoms with van der Waals surface area (Å²) in [6, 6.07) is 12.4. The zero-order chi connectivity index (χ0) is 19.5. The highest BCUT2D eigenvalue weighted by molar-refractivity contribution is 5.92. The molecule has 140 valence electrons. The predicted octanol–water partition coefficient (Wildman–Crippen LogP) is 4.75. The molecule has 1 atom stereocenters. The molecule has 2 rings (SSSR count). The van der Waals surface area contributed by atoms with Crippen LogP contribution in [0.4, 0.5) is 4.79 Å². The van der Waals surface area contributed by atoms with Crippen LogP contribution in [0.1, 0.15) is 53.1 Å². The molecule has 26 heavy (non-hydrogen) atoms. The van der Waals surface area contributed by atoms with Crippen LogP contribution >= 0.6 is 0 Å². The Morgan fingerprint density at radius 2 is 1.42 bits per heavy atom. The summed E-state index contributed by atoms with van der Waals surface area (Å²) in [5.41, 5.74) is -0.667. The molecule has 2 aromatic carbocycles. The van der Waals surface area contributed by atoms with Gasteiger partial charge in [0.25, 0.3) is 0 Å². The number of benzene rings is 2. The minimum absolute atomic E-state index is 0.528. The molecule has 0 fully saturated rings. The fourth-order valence-corrected chi connectivity index (χ4v) is 2.55. The zero-order valence-corrected chi connectivity index (χ0v) is 16.3. The van der Waals surface area contributed by atoms with E-state index in [1.165, 1.54) is 0 Å². The number of esters is 1. The highest BCUT2D eigenvalue weighted by Crippen LogP contribution is 2.27. The topological polar surface area (TPSA) is 64.6 Å². The summed E-state index contributed by atoms with van der Waals surface area (Å²) in [5.74, 6) is -0.528. The lowest BCUT2D eigenvalue weighted by atomic mass is 9.98. The van der Waals surface area contributed by atoms with Gasteiger partial charge in [-0.2, -0.15) is 0 Å². The van der Waals surface area contributed by atoms with Crippen LogP contribution in [0, 0.1) is 0 Å². The summed E-state index contributed by atoms with van der Waals surface area (Å²) >= 11 is 0. The number of hydrogen-bond donors (Lipinski definition) is 1. The highest BCUT2D eigenvalue weighted by atomic mass is 16.6. The number of ether oxygens (including phenoxy) is 2. The van der Waals surface area contributed by atoms with Gasteiger partial charge in [-0.05, 0) is 57.9 Å². The van der Waals surface area contributed by atoms with Crippen LogP contribution in [0.3, 0.4) is 0 Å². The van der Waals surface area contributed by atoms with Crippen molar-refractivity contribution in [1.29, 1.82) is 0 Å². The maximum absolute atomic E-state index is 12.8. The van der Waals surface area contributed by atoms with Crippen molar-refractivity contribution < 1.29 is 19.1 Å². The van der Waals surface area contributed by atoms with Gasteiger partial charge in [-0.1, -0.05) is 42.5 Å². The molecule has 0 bridgehead atoms. The Kier molecular flexibility index (Phi) is 5.59. The van der Waals surface area contributed by atoms with Crippen LogP contribution in [-0.4, -0.2) is 23.3 Å². The molecule has 1 N–H and O–H groups in total. The first-order chi connectivity index (χ1) is 12.0. The minimum Gasteiger partial charge on any atom is -0.458 e. The maximum Gasteiger partial charge on any atom is 0.408 e. The largest absolute Gasteiger partial charge is 0.458 e. The van der Waals surface area contributed by atoms with Crippen LogP contribution in [-0.2, 0) is 14.3 Å². The number of fused-ring (bicyclic) bond motifs is 1. The molecule has 0 aromatic heterocycles. The van der Waals surface area contributed by atoms with Gasteiger partial charge in [0, 0.05) is 0 Å². The van der Waals surface area contributed by atoms with Crippen LogP contribution in [0.2, 0.25) is 0 Å². The maximum atomic E-state index is 12.8. The van der Waals surface area contributed by atoms with Crippen molar-refractivity contribution in [3.05, 3.63) is 48.0 Å². The fourth-order valence-electron chi connectivity index (χ4n) is 2.55. The summed E-state index contributed by atoms with van der Waals surface area (Å²) in [7, 11) is 0. The SMILES string of the molecule is CC(C)(C)OC(=O)NC(C(=O)OC(C)(C)C)c1cccc2ccccc12. The number of hydrogen-bond acceptors (Lipinski definition) is 4. The quantitative estimate of drug-likeness (QED) is 0.805. The van der Waals surface area contributed by atoms with E-state index in [1.54, 1.807) is 41.5 Å². The lowest BCUT2D eigenvalue weighted by molar-refractivity contribution is -0.157. The molecule has 0 heterocycles. The van der Waals surface area contributed by atoms with Gasteiger partial charge in [-0.3, -0.25) is 0 Å². The van der Waals surface area contributed by atoms with E-state index in [4.69, 9.17) is 9.47 Å². The molecule has 0 saturated heterocycles. The normalized spacial score (nSPS) is 13.2. The molecule has 1 amide bonds. The molecule has 0 aliphatic heterocycles. The second kappa shape index (κ2) is 7.36. The van der Waals surface area contributed by atoms with E-state index >= 15 is 0 Å². The van der Waals surface area contributed by atoms with Gasteiger partial charge in [0.1, 0.15) is 11.2 Å². The average Bonchev–Trinajstić information content (AvgIpc) is 2.48. The molecule has 0 radical (unpaired) electrons. The smallest absolute Gasteiger partial charge is 0.408 e. The minimum atomic E-state index is -0.963. The number of carbonyl (C=O) groups excluding carboxylic acids is 2. The van der Waals surface area contributed by atoms with Crippen molar-refractivity contribution in [2.24, 2.45) is 0 Å². The first kappa shape index (κ1) is 19.8. The average molecular weight is 357 g/mol. The van der Waals surface area contributed by atoms with Gasteiger partial charge >= 0.3 is 12.1 Å². The molecule has 0 saturated carbocycles. The Bertz CT molecular complexity index is 794. The lowest BCUT2D eigenvalue weighted by Crippen LogP contribution is -2.40. The Morgan fingerprint density at radius 3 is 2.04 bits per heavy atom. The molecule has 5 heteroatoms. The van der Waals surface area contributed by atoms with Gasteiger partial charge in [0.2, 0.25) is 0 Å². The first-order valence-corrected chi connectivity index (χ1v) is 8.66. The van der Waals surface area contributed by atoms with Gasteiger partial charge in [-0.25, -0.2) is 9.59 Å². The van der Waals surface area contributed by atoms with Crippen LogP contribution in [0.15, 0.2) is 42.5 Å². The van der Waals surface area contributed by atoms with Crippen molar-refractivity contribution >= 4 is 22.8 Å². The van der Waals surface area contributed by atoms with Crippen molar-refractivity contribution in [2.45, 2.75) is 58.8 Å². The van der Waals surface area contributed by atoms with Gasteiger partial charge in [0.15, 0.2) is 6.04 Å². The standard InChI is InChI=1S/C21H27NO4/c1-20(2,3)25-18(23)17(22-19(24)26-21(4,5)6)16-13-9-11-14-10-7-8-12-15(14)16/h7-13,17H,1-6H3,(H,22,24). The molecular weight excluding hydrogens is 330 g/mol. The van der Waals surface area contributed by atoms with Gasteiger partial charge in [-0.15, -0.1) is 0 Å². The Morgan fingerprint density at radius 1 is 0.846 bits per heavy atom. The number of nitrogens with one attached hydrogen (secondary N) is 1. The van der Waals surface area contributed by atoms with E-state index in [0.29, 0.717) is 5.56 Å². The van der Waals surface area contributed by atoms with E-state index in [2.05, 4.69) is 5.32 Å². The summed E-state index contributed by atoms with van der Waals surface area (Å²) < 4.78 is 10.8. The van der Waals surface area contributed by atoms with E-state index in [9.17, 15) is 9.59 Å². The van der Waals surface area contributed by atoms with Crippen molar-refractivity contribution in [1.82, 2.24) is 5.32 Å².